The lowest BCUT2D eigenvalue weighted by atomic mass is 9.98. The van der Waals surface area contributed by atoms with Gasteiger partial charge in [-0.1, -0.05) is 72.3 Å². The minimum Gasteiger partial charge on any atom is -0.495 e. The normalized spacial score (nSPS) is 11.1. The lowest BCUT2D eigenvalue weighted by Gasteiger charge is -2.14. The molecule has 2 heterocycles. The third-order valence-electron chi connectivity index (χ3n) is 6.27. The number of nitriles is 1. The van der Waals surface area contributed by atoms with Gasteiger partial charge in [0.15, 0.2) is 0 Å². The van der Waals surface area contributed by atoms with Crippen molar-refractivity contribution in [1.29, 1.82) is 5.26 Å². The first-order chi connectivity index (χ1) is 18.0. The molecule has 0 unspecified atom stereocenters. The van der Waals surface area contributed by atoms with Gasteiger partial charge >= 0.3 is 0 Å². The van der Waals surface area contributed by atoms with E-state index in [2.05, 4.69) is 15.6 Å². The molecule has 0 radical (unpaired) electrons. The maximum Gasteiger partial charge on any atom is 0.238 e. The minimum absolute atomic E-state index is 0.269. The molecule has 0 amide bonds. The van der Waals surface area contributed by atoms with E-state index in [9.17, 15) is 5.26 Å². The van der Waals surface area contributed by atoms with Crippen molar-refractivity contribution in [3.8, 4) is 40.0 Å². The number of ether oxygens (including phenoxy) is 1. The number of aryl methyl sites for hydroxylation is 1. The smallest absolute Gasteiger partial charge is 0.238 e. The molecule has 182 valence electrons. The number of nitrogens with zero attached hydrogens (tertiary/aromatic N) is 3. The van der Waals surface area contributed by atoms with Gasteiger partial charge < -0.3 is 13.7 Å². The minimum atomic E-state index is 0.269. The highest BCUT2D eigenvalue weighted by Gasteiger charge is 2.23. The van der Waals surface area contributed by atoms with E-state index in [1.807, 2.05) is 92.7 Å². The fourth-order valence-corrected chi connectivity index (χ4v) is 4.71. The zero-order valence-electron chi connectivity index (χ0n) is 20.7. The lowest BCUT2D eigenvalue weighted by Crippen LogP contribution is -2.02. The van der Waals surface area contributed by atoms with Crippen LogP contribution in [0.3, 0.4) is 0 Å². The summed E-state index contributed by atoms with van der Waals surface area (Å²) in [5.74, 6) is 1.60. The Hall–Kier alpha value is -4.53. The van der Waals surface area contributed by atoms with E-state index in [0.717, 1.165) is 39.3 Å². The molecule has 2 aromatic heterocycles. The monoisotopic (exact) mass is 505 g/mol. The first-order valence-electron chi connectivity index (χ1n) is 11.8. The van der Waals surface area contributed by atoms with Crippen molar-refractivity contribution in [2.24, 2.45) is 4.99 Å². The second-order valence-corrected chi connectivity index (χ2v) is 9.00. The molecule has 0 aliphatic heterocycles. The maximum atomic E-state index is 10.1. The highest BCUT2D eigenvalue weighted by molar-refractivity contribution is 6.30. The molecule has 5 rings (SSSR count). The number of methoxy groups -OCH3 is 1. The van der Waals surface area contributed by atoms with Gasteiger partial charge in [0.1, 0.15) is 23.1 Å². The summed E-state index contributed by atoms with van der Waals surface area (Å²) in [6, 6.07) is 29.4. The van der Waals surface area contributed by atoms with E-state index in [0.29, 0.717) is 22.1 Å². The van der Waals surface area contributed by atoms with Crippen LogP contribution in [-0.2, 0) is 0 Å². The molecule has 0 spiro atoms. The zero-order chi connectivity index (χ0) is 25.9. The number of aromatic nitrogens is 1. The molecule has 0 bridgehead atoms. The van der Waals surface area contributed by atoms with Crippen molar-refractivity contribution in [2.45, 2.75) is 13.8 Å². The second-order valence-electron chi connectivity index (χ2n) is 8.57. The Morgan fingerprint density at radius 1 is 0.946 bits per heavy atom. The van der Waals surface area contributed by atoms with Crippen LogP contribution >= 0.6 is 11.6 Å². The van der Waals surface area contributed by atoms with Gasteiger partial charge in [-0.3, -0.25) is 0 Å². The molecule has 0 N–H and O–H groups in total. The highest BCUT2D eigenvalue weighted by Crippen LogP contribution is 2.42. The average molecular weight is 506 g/mol. The third-order valence-corrected chi connectivity index (χ3v) is 6.51. The van der Waals surface area contributed by atoms with Crippen molar-refractivity contribution >= 4 is 23.7 Å². The second kappa shape index (κ2) is 10.2. The Labute approximate surface area is 220 Å². The largest absolute Gasteiger partial charge is 0.495 e. The number of rotatable bonds is 6. The molecule has 0 aliphatic carbocycles. The quantitative estimate of drug-likeness (QED) is 0.218. The SMILES string of the molecule is COc1ccc(Cl)cc1-n1c(C)cc(C=Nc2oc(-c3ccccc3)c(-c3ccccc3)c2C#N)c1C. The summed E-state index contributed by atoms with van der Waals surface area (Å²) in [5.41, 5.74) is 6.59. The fraction of sp³-hybridized carbons (Fsp3) is 0.0968. The van der Waals surface area contributed by atoms with Crippen LogP contribution in [0.1, 0.15) is 22.5 Å². The summed E-state index contributed by atoms with van der Waals surface area (Å²) in [6.45, 7) is 4.02. The molecule has 3 aromatic carbocycles. The molecule has 0 saturated carbocycles. The van der Waals surface area contributed by atoms with Crippen LogP contribution < -0.4 is 4.74 Å². The highest BCUT2D eigenvalue weighted by atomic mass is 35.5. The van der Waals surface area contributed by atoms with Crippen molar-refractivity contribution in [1.82, 2.24) is 4.57 Å². The lowest BCUT2D eigenvalue weighted by molar-refractivity contribution is 0.412. The van der Waals surface area contributed by atoms with Crippen LogP contribution in [0.25, 0.3) is 28.1 Å². The van der Waals surface area contributed by atoms with E-state index in [1.165, 1.54) is 0 Å². The zero-order valence-corrected chi connectivity index (χ0v) is 21.5. The van der Waals surface area contributed by atoms with Crippen LogP contribution in [0.4, 0.5) is 5.88 Å². The van der Waals surface area contributed by atoms with Gasteiger partial charge in [-0.05, 0) is 43.7 Å². The van der Waals surface area contributed by atoms with E-state index in [1.54, 1.807) is 19.4 Å². The fourth-order valence-electron chi connectivity index (χ4n) is 4.54. The van der Waals surface area contributed by atoms with Crippen LogP contribution in [0.5, 0.6) is 5.75 Å². The first-order valence-corrected chi connectivity index (χ1v) is 12.1. The standard InChI is InChI=1S/C31H24ClN3O2/c1-20-16-24(21(2)35(20)27-17-25(32)14-15-28(27)36-3)19-34-31-26(18-33)29(22-10-6-4-7-11-22)30(37-31)23-12-8-5-9-13-23/h4-17,19H,1-3H3. The van der Waals surface area contributed by atoms with Gasteiger partial charge in [-0.25, -0.2) is 4.99 Å². The van der Waals surface area contributed by atoms with Crippen LogP contribution in [-0.4, -0.2) is 17.9 Å². The molecule has 37 heavy (non-hydrogen) atoms. The Kier molecular flexibility index (Phi) is 6.68. The molecule has 0 fully saturated rings. The van der Waals surface area contributed by atoms with Crippen molar-refractivity contribution in [2.75, 3.05) is 7.11 Å². The van der Waals surface area contributed by atoms with Gasteiger partial charge in [-0.15, -0.1) is 0 Å². The molecule has 0 saturated heterocycles. The Morgan fingerprint density at radius 2 is 1.62 bits per heavy atom. The molecule has 5 nitrogen and oxygen atoms in total. The summed E-state index contributed by atoms with van der Waals surface area (Å²) < 4.78 is 13.9. The number of hydrogen-bond acceptors (Lipinski definition) is 4. The van der Waals surface area contributed by atoms with E-state index >= 15 is 0 Å². The Morgan fingerprint density at radius 3 is 2.27 bits per heavy atom. The van der Waals surface area contributed by atoms with Gasteiger partial charge in [0, 0.05) is 39.3 Å². The topological polar surface area (TPSA) is 63.4 Å². The van der Waals surface area contributed by atoms with Crippen LogP contribution in [0, 0.1) is 25.2 Å². The summed E-state index contributed by atoms with van der Waals surface area (Å²) in [6.07, 6.45) is 1.74. The third kappa shape index (κ3) is 4.55. The molecular weight excluding hydrogens is 482 g/mol. The van der Waals surface area contributed by atoms with Gasteiger partial charge in [-0.2, -0.15) is 5.26 Å². The number of furan rings is 1. The summed E-state index contributed by atoms with van der Waals surface area (Å²) in [4.78, 5) is 4.66. The van der Waals surface area contributed by atoms with E-state index in [4.69, 9.17) is 20.8 Å². The predicted octanol–water partition coefficient (Wildman–Crippen LogP) is 8.31. The molecule has 0 atom stereocenters. The molecule has 6 heteroatoms. The summed E-state index contributed by atoms with van der Waals surface area (Å²) in [5, 5.41) is 10.8. The van der Waals surface area contributed by atoms with Crippen LogP contribution in [0.15, 0.2) is 94.3 Å². The van der Waals surface area contributed by atoms with Gasteiger partial charge in [0.05, 0.1) is 12.8 Å². The average Bonchev–Trinajstić information content (AvgIpc) is 3.44. The number of benzene rings is 3. The predicted molar refractivity (Wildman–Crippen MR) is 148 cm³/mol. The Bertz CT molecular complexity index is 1640. The first kappa shape index (κ1) is 24.2. The van der Waals surface area contributed by atoms with E-state index < -0.39 is 0 Å². The number of aliphatic imine (C=N–C) groups is 1. The van der Waals surface area contributed by atoms with Crippen molar-refractivity contribution in [3.05, 3.63) is 112 Å². The summed E-state index contributed by atoms with van der Waals surface area (Å²) >= 11 is 6.29. The maximum absolute atomic E-state index is 10.1. The summed E-state index contributed by atoms with van der Waals surface area (Å²) in [7, 11) is 1.64. The molecular formula is C31H24ClN3O2. The number of halogens is 1. The Balaban J connectivity index is 1.62. The van der Waals surface area contributed by atoms with Crippen molar-refractivity contribution < 1.29 is 9.15 Å². The van der Waals surface area contributed by atoms with Gasteiger partial charge in [0.25, 0.3) is 0 Å². The van der Waals surface area contributed by atoms with Crippen molar-refractivity contribution in [3.63, 3.8) is 0 Å². The van der Waals surface area contributed by atoms with Crippen LogP contribution in [0.2, 0.25) is 5.02 Å². The molecule has 5 aromatic rings. The van der Waals surface area contributed by atoms with Gasteiger partial charge in [0.2, 0.25) is 5.88 Å². The molecule has 0 aliphatic rings. The number of hydrogen-bond donors (Lipinski definition) is 0. The van der Waals surface area contributed by atoms with E-state index in [-0.39, 0.29) is 5.88 Å².